The normalized spacial score (nSPS) is 20.5. The summed E-state index contributed by atoms with van der Waals surface area (Å²) in [5.74, 6) is -2.42. The highest BCUT2D eigenvalue weighted by Gasteiger charge is 2.60. The molecule has 1 N–H and O–H groups in total. The topological polar surface area (TPSA) is 120 Å². The third-order valence-corrected chi connectivity index (χ3v) is 6.40. The van der Waals surface area contributed by atoms with Gasteiger partial charge in [0.25, 0.3) is 5.91 Å². The fourth-order valence-electron chi connectivity index (χ4n) is 4.43. The summed E-state index contributed by atoms with van der Waals surface area (Å²) in [6.07, 6.45) is -1.97. The number of hydrogen-bond acceptors (Lipinski definition) is 8. The number of rotatable bonds is 8. The number of hydroxylamine groups is 2. The summed E-state index contributed by atoms with van der Waals surface area (Å²) < 4.78 is 16.5. The van der Waals surface area contributed by atoms with Gasteiger partial charge in [-0.3, -0.25) is 14.4 Å². The van der Waals surface area contributed by atoms with E-state index in [9.17, 15) is 19.2 Å². The molecule has 10 nitrogen and oxygen atoms in total. The molecule has 2 aliphatic rings. The number of carbonyl (C=O) groups excluding carboxylic acids is 4. The number of hydrogen-bond donors (Lipinski definition) is 1. The summed E-state index contributed by atoms with van der Waals surface area (Å²) in [7, 11) is 0. The van der Waals surface area contributed by atoms with Crippen LogP contribution in [0, 0.1) is 0 Å². The van der Waals surface area contributed by atoms with Crippen LogP contribution in [0.1, 0.15) is 35.6 Å². The van der Waals surface area contributed by atoms with Gasteiger partial charge in [-0.25, -0.2) is 9.59 Å². The van der Waals surface area contributed by atoms with Crippen LogP contribution >= 0.6 is 0 Å². The van der Waals surface area contributed by atoms with Crippen molar-refractivity contribution in [3.05, 3.63) is 108 Å². The highest BCUT2D eigenvalue weighted by Crippen LogP contribution is 2.37. The Balaban J connectivity index is 1.32. The van der Waals surface area contributed by atoms with Crippen LogP contribution in [0.25, 0.3) is 0 Å². The van der Waals surface area contributed by atoms with Crippen molar-refractivity contribution in [1.82, 2.24) is 10.4 Å². The Morgan fingerprint density at radius 3 is 2.08 bits per heavy atom. The molecule has 3 aromatic carbocycles. The Morgan fingerprint density at radius 2 is 1.51 bits per heavy atom. The number of esters is 2. The fourth-order valence-corrected chi connectivity index (χ4v) is 4.43. The van der Waals surface area contributed by atoms with Crippen LogP contribution in [0.5, 0.6) is 0 Å². The third-order valence-electron chi connectivity index (χ3n) is 6.40. The Kier molecular flexibility index (Phi) is 7.55. The van der Waals surface area contributed by atoms with E-state index in [1.807, 2.05) is 54.6 Å². The average Bonchev–Trinajstić information content (AvgIpc) is 3.54. The second-order valence-electron chi connectivity index (χ2n) is 9.05. The molecule has 2 atom stereocenters. The zero-order valence-corrected chi connectivity index (χ0v) is 20.9. The SMILES string of the molecule is O=C1CCC(C(=O)OC(c2ccccc2)c2ccccc2)(N2OC[C@H](NC(=O)OCc3ccccc3)C2=O)O1. The third kappa shape index (κ3) is 5.60. The van der Waals surface area contributed by atoms with Gasteiger partial charge < -0.3 is 19.5 Å². The summed E-state index contributed by atoms with van der Waals surface area (Å²) in [4.78, 5) is 57.1. The van der Waals surface area contributed by atoms with Gasteiger partial charge in [0, 0.05) is 6.42 Å². The van der Waals surface area contributed by atoms with E-state index in [0.717, 1.165) is 5.56 Å². The fraction of sp³-hybridized carbons (Fsp3) is 0.241. The lowest BCUT2D eigenvalue weighted by Crippen LogP contribution is -2.57. The molecule has 10 heteroatoms. The van der Waals surface area contributed by atoms with Gasteiger partial charge >= 0.3 is 23.8 Å². The second-order valence-corrected chi connectivity index (χ2v) is 9.05. The molecule has 2 saturated heterocycles. The van der Waals surface area contributed by atoms with E-state index < -0.39 is 41.8 Å². The van der Waals surface area contributed by atoms with Crippen LogP contribution in [0.3, 0.4) is 0 Å². The highest BCUT2D eigenvalue weighted by molar-refractivity contribution is 5.94. The molecule has 2 heterocycles. The van der Waals surface area contributed by atoms with Crippen molar-refractivity contribution in [2.24, 2.45) is 0 Å². The minimum absolute atomic E-state index is 0.00634. The first kappa shape index (κ1) is 25.9. The lowest BCUT2D eigenvalue weighted by atomic mass is 10.0. The monoisotopic (exact) mass is 530 g/mol. The van der Waals surface area contributed by atoms with Crippen molar-refractivity contribution >= 4 is 23.9 Å². The predicted octanol–water partition coefficient (Wildman–Crippen LogP) is 3.42. The molecule has 0 aliphatic carbocycles. The van der Waals surface area contributed by atoms with Crippen molar-refractivity contribution in [1.29, 1.82) is 0 Å². The molecule has 0 radical (unpaired) electrons. The Hall–Kier alpha value is -4.70. The summed E-state index contributed by atoms with van der Waals surface area (Å²) >= 11 is 0. The van der Waals surface area contributed by atoms with E-state index in [2.05, 4.69) is 5.32 Å². The number of alkyl carbamates (subject to hydrolysis) is 1. The molecule has 0 bridgehead atoms. The number of carbonyl (C=O) groups is 4. The smallest absolute Gasteiger partial charge is 0.408 e. The zero-order chi connectivity index (χ0) is 27.2. The quantitative estimate of drug-likeness (QED) is 0.348. The van der Waals surface area contributed by atoms with E-state index >= 15 is 0 Å². The first-order valence-corrected chi connectivity index (χ1v) is 12.4. The Bertz CT molecular complexity index is 1300. The number of benzene rings is 3. The molecular weight excluding hydrogens is 504 g/mol. The summed E-state index contributed by atoms with van der Waals surface area (Å²) in [6, 6.07) is 26.0. The van der Waals surface area contributed by atoms with Gasteiger partial charge in [0.2, 0.25) is 0 Å². The molecule has 2 amide bonds. The van der Waals surface area contributed by atoms with Gasteiger partial charge in [-0.1, -0.05) is 91.0 Å². The highest BCUT2D eigenvalue weighted by atomic mass is 16.8. The molecule has 200 valence electrons. The van der Waals surface area contributed by atoms with Crippen LogP contribution in [0.15, 0.2) is 91.0 Å². The van der Waals surface area contributed by atoms with E-state index in [1.54, 1.807) is 36.4 Å². The van der Waals surface area contributed by atoms with Gasteiger partial charge in [-0.2, -0.15) is 5.06 Å². The molecule has 3 aromatic rings. The lowest BCUT2D eigenvalue weighted by molar-refractivity contribution is -0.260. The molecule has 2 aliphatic heterocycles. The van der Waals surface area contributed by atoms with Crippen LogP contribution in [-0.2, 0) is 40.0 Å². The minimum atomic E-state index is -2.14. The van der Waals surface area contributed by atoms with Crippen LogP contribution in [-0.4, -0.2) is 47.4 Å². The number of cyclic esters (lactones) is 1. The van der Waals surface area contributed by atoms with Crippen LogP contribution < -0.4 is 5.32 Å². The van der Waals surface area contributed by atoms with Crippen molar-refractivity contribution < 1.29 is 38.2 Å². The predicted molar refractivity (Wildman–Crippen MR) is 135 cm³/mol. The maximum absolute atomic E-state index is 13.7. The van der Waals surface area contributed by atoms with E-state index in [1.165, 1.54) is 0 Å². The number of amides is 2. The van der Waals surface area contributed by atoms with Gasteiger partial charge in [0.15, 0.2) is 6.10 Å². The molecule has 5 rings (SSSR count). The molecule has 2 fully saturated rings. The molecule has 0 saturated carbocycles. The van der Waals surface area contributed by atoms with Crippen molar-refractivity contribution in [2.45, 2.75) is 37.3 Å². The van der Waals surface area contributed by atoms with Crippen LogP contribution in [0.2, 0.25) is 0 Å². The van der Waals surface area contributed by atoms with Crippen molar-refractivity contribution in [3.63, 3.8) is 0 Å². The molecule has 0 aromatic heterocycles. The molecular formula is C29H26N2O8. The van der Waals surface area contributed by atoms with Crippen LogP contribution in [0.4, 0.5) is 4.79 Å². The zero-order valence-electron chi connectivity index (χ0n) is 20.9. The maximum Gasteiger partial charge on any atom is 0.408 e. The summed E-state index contributed by atoms with van der Waals surface area (Å²) in [5.41, 5.74) is 0.00592. The summed E-state index contributed by atoms with van der Waals surface area (Å²) in [5, 5.41) is 3.15. The van der Waals surface area contributed by atoms with Crippen molar-refractivity contribution in [3.8, 4) is 0 Å². The molecule has 1 unspecified atom stereocenters. The Morgan fingerprint density at radius 1 is 0.923 bits per heavy atom. The van der Waals surface area contributed by atoms with E-state index in [4.69, 9.17) is 19.0 Å². The number of ether oxygens (including phenoxy) is 3. The summed E-state index contributed by atoms with van der Waals surface area (Å²) in [6.45, 7) is -0.279. The van der Waals surface area contributed by atoms with Gasteiger partial charge in [0.1, 0.15) is 19.3 Å². The first-order chi connectivity index (χ1) is 19.0. The van der Waals surface area contributed by atoms with E-state index in [-0.39, 0.29) is 26.1 Å². The number of nitrogens with one attached hydrogen (secondary N) is 1. The second kappa shape index (κ2) is 11.4. The van der Waals surface area contributed by atoms with Gasteiger partial charge in [0.05, 0.1) is 6.42 Å². The average molecular weight is 531 g/mol. The largest absolute Gasteiger partial charge is 0.448 e. The van der Waals surface area contributed by atoms with E-state index in [0.29, 0.717) is 16.2 Å². The minimum Gasteiger partial charge on any atom is -0.448 e. The number of nitrogens with zero attached hydrogens (tertiary/aromatic N) is 1. The standard InChI is InChI=1S/C29H26N2O8/c32-24-16-17-29(39-24,27(34)38-25(21-12-6-2-7-13-21)22-14-8-3-9-15-22)31-26(33)23(19-37-31)30-28(35)36-18-20-10-4-1-5-11-20/h1-15,23,25H,16-19H2,(H,30,35)/t23-,29?/m0/s1. The molecule has 39 heavy (non-hydrogen) atoms. The Labute approximate surface area is 224 Å². The van der Waals surface area contributed by atoms with Gasteiger partial charge in [-0.05, 0) is 16.7 Å². The first-order valence-electron chi connectivity index (χ1n) is 12.4. The van der Waals surface area contributed by atoms with Crippen molar-refractivity contribution in [2.75, 3.05) is 6.61 Å². The van der Waals surface area contributed by atoms with Gasteiger partial charge in [-0.15, -0.1) is 0 Å². The molecule has 0 spiro atoms. The lowest BCUT2D eigenvalue weighted by Gasteiger charge is -2.34. The maximum atomic E-state index is 13.7.